The third kappa shape index (κ3) is 14.3. The van der Waals surface area contributed by atoms with Gasteiger partial charge in [0, 0.05) is 6.42 Å². The molecule has 0 bridgehead atoms. The fraction of sp³-hybridized carbons (Fsp3) is 0.720. The lowest BCUT2D eigenvalue weighted by atomic mass is 9.99. The van der Waals surface area contributed by atoms with Gasteiger partial charge < -0.3 is 14.9 Å². The summed E-state index contributed by atoms with van der Waals surface area (Å²) in [6, 6.07) is 10.1. The molecule has 1 rings (SSSR count). The lowest BCUT2D eigenvalue weighted by Crippen LogP contribution is -2.29. The molecule has 166 valence electrons. The third-order valence-electron chi connectivity index (χ3n) is 5.47. The lowest BCUT2D eigenvalue weighted by molar-refractivity contribution is -0.137. The normalized spacial score (nSPS) is 13.3. The van der Waals surface area contributed by atoms with Crippen LogP contribution in [0, 0.1) is 0 Å². The van der Waals surface area contributed by atoms with Crippen LogP contribution in [0.15, 0.2) is 30.3 Å². The van der Waals surface area contributed by atoms with Gasteiger partial charge in [0.15, 0.2) is 0 Å². The van der Waals surface area contributed by atoms with Crippen LogP contribution in [0.5, 0.6) is 0 Å². The molecule has 0 radical (unpaired) electrons. The molecule has 0 aromatic heterocycles. The number of aliphatic hydroxyl groups is 1. The van der Waals surface area contributed by atoms with Crippen molar-refractivity contribution in [2.24, 2.45) is 0 Å². The van der Waals surface area contributed by atoms with E-state index in [2.05, 4.69) is 19.1 Å². The zero-order chi connectivity index (χ0) is 21.2. The fourth-order valence-electron chi connectivity index (χ4n) is 3.64. The van der Waals surface area contributed by atoms with Crippen molar-refractivity contribution >= 4 is 5.97 Å². The predicted molar refractivity (Wildman–Crippen MR) is 119 cm³/mol. The van der Waals surface area contributed by atoms with Gasteiger partial charge in [0.25, 0.3) is 0 Å². The van der Waals surface area contributed by atoms with Crippen LogP contribution in [0.3, 0.4) is 0 Å². The summed E-state index contributed by atoms with van der Waals surface area (Å²) in [6.45, 7) is 2.78. The number of ether oxygens (including phenoxy) is 1. The first-order valence-electron chi connectivity index (χ1n) is 11.7. The van der Waals surface area contributed by atoms with Crippen LogP contribution in [-0.2, 0) is 16.1 Å². The Morgan fingerprint density at radius 1 is 0.862 bits per heavy atom. The van der Waals surface area contributed by atoms with Crippen LogP contribution in [0.25, 0.3) is 0 Å². The van der Waals surface area contributed by atoms with Crippen molar-refractivity contribution in [3.63, 3.8) is 0 Å². The minimum atomic E-state index is -0.728. The van der Waals surface area contributed by atoms with Crippen LogP contribution in [-0.4, -0.2) is 28.4 Å². The van der Waals surface area contributed by atoms with Gasteiger partial charge in [-0.05, 0) is 24.8 Å². The molecule has 0 spiro atoms. The Hall–Kier alpha value is -1.39. The second kappa shape index (κ2) is 17.5. The maximum absolute atomic E-state index is 10.7. The standard InChI is InChI=1S/C25H42O4/c1-2-3-4-5-6-7-14-19-24(29-21-22-16-11-10-12-17-22)23(26)18-13-8-9-15-20-25(27)28/h10-12,16-17,23-24,26H,2-9,13-15,18-21H2,1H3,(H,27,28). The predicted octanol–water partition coefficient (Wildman–Crippen LogP) is 6.50. The molecule has 0 aliphatic rings. The average molecular weight is 407 g/mol. The Kier molecular flexibility index (Phi) is 15.4. The second-order valence-electron chi connectivity index (χ2n) is 8.16. The molecule has 0 aliphatic carbocycles. The zero-order valence-corrected chi connectivity index (χ0v) is 18.4. The summed E-state index contributed by atoms with van der Waals surface area (Å²) in [7, 11) is 0. The van der Waals surface area contributed by atoms with E-state index >= 15 is 0 Å². The summed E-state index contributed by atoms with van der Waals surface area (Å²) in [6.07, 6.45) is 13.6. The first-order chi connectivity index (χ1) is 14.1. The number of aliphatic hydroxyl groups excluding tert-OH is 1. The van der Waals surface area contributed by atoms with Crippen molar-refractivity contribution < 1.29 is 19.7 Å². The minimum absolute atomic E-state index is 0.120. The molecule has 0 heterocycles. The summed E-state index contributed by atoms with van der Waals surface area (Å²) in [5, 5.41) is 19.4. The van der Waals surface area contributed by atoms with Crippen molar-refractivity contribution in [3.05, 3.63) is 35.9 Å². The van der Waals surface area contributed by atoms with Gasteiger partial charge in [-0.15, -0.1) is 0 Å². The highest BCUT2D eigenvalue weighted by Gasteiger charge is 2.19. The molecular weight excluding hydrogens is 364 g/mol. The van der Waals surface area contributed by atoms with Gasteiger partial charge in [-0.1, -0.05) is 101 Å². The molecule has 0 aliphatic heterocycles. The summed E-state index contributed by atoms with van der Waals surface area (Å²) >= 11 is 0. The van der Waals surface area contributed by atoms with Gasteiger partial charge in [0.05, 0.1) is 18.8 Å². The Morgan fingerprint density at radius 2 is 1.45 bits per heavy atom. The summed E-state index contributed by atoms with van der Waals surface area (Å²) in [5.74, 6) is -0.728. The van der Waals surface area contributed by atoms with E-state index in [4.69, 9.17) is 9.84 Å². The molecule has 29 heavy (non-hydrogen) atoms. The Bertz CT molecular complexity index is 503. The van der Waals surface area contributed by atoms with Crippen molar-refractivity contribution in [1.29, 1.82) is 0 Å². The van der Waals surface area contributed by atoms with Gasteiger partial charge in [0.2, 0.25) is 0 Å². The molecule has 1 aromatic carbocycles. The topological polar surface area (TPSA) is 66.8 Å². The molecule has 0 saturated carbocycles. The highest BCUT2D eigenvalue weighted by atomic mass is 16.5. The number of unbranched alkanes of at least 4 members (excludes halogenated alkanes) is 9. The first-order valence-corrected chi connectivity index (χ1v) is 11.7. The number of carbonyl (C=O) groups is 1. The fourth-order valence-corrected chi connectivity index (χ4v) is 3.64. The Labute approximate surface area is 177 Å². The van der Waals surface area contributed by atoms with E-state index in [0.29, 0.717) is 6.61 Å². The number of hydrogen-bond acceptors (Lipinski definition) is 3. The molecule has 4 heteroatoms. The molecule has 0 fully saturated rings. The maximum atomic E-state index is 10.7. The number of rotatable bonds is 19. The molecule has 1 aromatic rings. The van der Waals surface area contributed by atoms with E-state index in [1.165, 1.54) is 38.5 Å². The van der Waals surface area contributed by atoms with E-state index in [9.17, 15) is 9.90 Å². The number of carboxylic acid groups (broad SMARTS) is 1. The largest absolute Gasteiger partial charge is 0.481 e. The summed E-state index contributed by atoms with van der Waals surface area (Å²) in [4.78, 5) is 10.6. The number of carboxylic acids is 1. The second-order valence-corrected chi connectivity index (χ2v) is 8.16. The smallest absolute Gasteiger partial charge is 0.303 e. The van der Waals surface area contributed by atoms with Crippen LogP contribution < -0.4 is 0 Å². The Balaban J connectivity index is 2.32. The van der Waals surface area contributed by atoms with Crippen LogP contribution in [0.4, 0.5) is 0 Å². The quantitative estimate of drug-likeness (QED) is 0.257. The molecular formula is C25H42O4. The monoisotopic (exact) mass is 406 g/mol. The number of aliphatic carboxylic acids is 1. The van der Waals surface area contributed by atoms with E-state index in [1.54, 1.807) is 0 Å². The SMILES string of the molecule is CCCCCCCCCC(OCc1ccccc1)C(O)CCCCCCC(=O)O. The van der Waals surface area contributed by atoms with Crippen molar-refractivity contribution in [2.45, 2.75) is 116 Å². The van der Waals surface area contributed by atoms with Gasteiger partial charge in [-0.3, -0.25) is 4.79 Å². The van der Waals surface area contributed by atoms with E-state index in [0.717, 1.165) is 50.5 Å². The van der Waals surface area contributed by atoms with E-state index in [1.807, 2.05) is 18.2 Å². The molecule has 2 atom stereocenters. The van der Waals surface area contributed by atoms with Crippen molar-refractivity contribution in [3.8, 4) is 0 Å². The van der Waals surface area contributed by atoms with E-state index < -0.39 is 12.1 Å². The van der Waals surface area contributed by atoms with Crippen LogP contribution in [0.2, 0.25) is 0 Å². The lowest BCUT2D eigenvalue weighted by Gasteiger charge is -2.24. The van der Waals surface area contributed by atoms with Gasteiger partial charge in [-0.2, -0.15) is 0 Å². The number of hydrogen-bond donors (Lipinski definition) is 2. The molecule has 0 amide bonds. The summed E-state index contributed by atoms with van der Waals surface area (Å²) in [5.41, 5.74) is 1.14. The summed E-state index contributed by atoms with van der Waals surface area (Å²) < 4.78 is 6.12. The molecule has 0 saturated heterocycles. The van der Waals surface area contributed by atoms with Crippen molar-refractivity contribution in [1.82, 2.24) is 0 Å². The third-order valence-corrected chi connectivity index (χ3v) is 5.47. The van der Waals surface area contributed by atoms with Gasteiger partial charge in [0.1, 0.15) is 0 Å². The molecule has 2 unspecified atom stereocenters. The number of benzene rings is 1. The first kappa shape index (κ1) is 25.6. The van der Waals surface area contributed by atoms with Crippen LogP contribution >= 0.6 is 0 Å². The highest BCUT2D eigenvalue weighted by molar-refractivity contribution is 5.66. The Morgan fingerprint density at radius 3 is 2.10 bits per heavy atom. The molecule has 4 nitrogen and oxygen atoms in total. The van der Waals surface area contributed by atoms with Crippen molar-refractivity contribution in [2.75, 3.05) is 0 Å². The van der Waals surface area contributed by atoms with Gasteiger partial charge in [-0.25, -0.2) is 0 Å². The van der Waals surface area contributed by atoms with Crippen LogP contribution in [0.1, 0.15) is 102 Å². The van der Waals surface area contributed by atoms with E-state index in [-0.39, 0.29) is 12.5 Å². The molecule has 2 N–H and O–H groups in total. The highest BCUT2D eigenvalue weighted by Crippen LogP contribution is 2.19. The zero-order valence-electron chi connectivity index (χ0n) is 18.4. The maximum Gasteiger partial charge on any atom is 0.303 e. The average Bonchev–Trinajstić information content (AvgIpc) is 2.72. The van der Waals surface area contributed by atoms with Gasteiger partial charge >= 0.3 is 5.97 Å². The minimum Gasteiger partial charge on any atom is -0.481 e.